The van der Waals surface area contributed by atoms with Crippen LogP contribution in [0, 0.1) is 0 Å². The zero-order chi connectivity index (χ0) is 20.9. The van der Waals surface area contributed by atoms with Crippen molar-refractivity contribution in [2.45, 2.75) is 37.9 Å². The Bertz CT molecular complexity index is 1020. The maximum Gasteiger partial charge on any atom is 0.333 e. The minimum atomic E-state index is -4.10. The Kier molecular flexibility index (Phi) is 6.86. The van der Waals surface area contributed by atoms with E-state index in [0.717, 1.165) is 16.3 Å². The molecular formula is C23H25O5P. The third-order valence-corrected chi connectivity index (χ3v) is 6.38. The second kappa shape index (κ2) is 9.36. The lowest BCUT2D eigenvalue weighted by Gasteiger charge is -2.23. The number of hydrogen-bond acceptors (Lipinski definition) is 3. The van der Waals surface area contributed by atoms with Crippen LogP contribution in [0.1, 0.15) is 36.8 Å². The van der Waals surface area contributed by atoms with Gasteiger partial charge in [-0.05, 0) is 40.7 Å². The highest BCUT2D eigenvalue weighted by molar-refractivity contribution is 7.52. The van der Waals surface area contributed by atoms with Crippen LogP contribution in [0.3, 0.4) is 0 Å². The fourth-order valence-electron chi connectivity index (χ4n) is 3.50. The Morgan fingerprint density at radius 2 is 1.66 bits per heavy atom. The number of carboxylic acids is 1. The Hall–Kier alpha value is -2.46. The summed E-state index contributed by atoms with van der Waals surface area (Å²) in [6, 6.07) is 22.8. The van der Waals surface area contributed by atoms with Gasteiger partial charge in [0.2, 0.25) is 0 Å². The molecule has 0 saturated heterocycles. The normalized spacial score (nSPS) is 15.5. The van der Waals surface area contributed by atoms with Crippen molar-refractivity contribution in [3.63, 3.8) is 0 Å². The first-order chi connectivity index (χ1) is 13.9. The lowest BCUT2D eigenvalue weighted by molar-refractivity contribution is -0.146. The second-order valence-electron chi connectivity index (χ2n) is 7.16. The first-order valence-electron chi connectivity index (χ1n) is 9.63. The van der Waals surface area contributed by atoms with Crippen LogP contribution in [0.2, 0.25) is 0 Å². The molecule has 3 rings (SSSR count). The molecule has 0 heterocycles. The molecule has 0 aromatic heterocycles. The van der Waals surface area contributed by atoms with E-state index in [0.29, 0.717) is 12.0 Å². The van der Waals surface area contributed by atoms with E-state index in [1.807, 2.05) is 55.5 Å². The average Bonchev–Trinajstić information content (AvgIpc) is 2.71. The van der Waals surface area contributed by atoms with Gasteiger partial charge in [0.1, 0.15) is 0 Å². The van der Waals surface area contributed by atoms with Crippen LogP contribution in [0.4, 0.5) is 0 Å². The number of carboxylic acid groups (broad SMARTS) is 1. The molecule has 0 aliphatic carbocycles. The Morgan fingerprint density at radius 3 is 2.31 bits per heavy atom. The Labute approximate surface area is 170 Å². The maximum atomic E-state index is 12.5. The van der Waals surface area contributed by atoms with E-state index in [2.05, 4.69) is 0 Å². The number of fused-ring (bicyclic) bond motifs is 1. The molecule has 3 aromatic rings. The highest BCUT2D eigenvalue weighted by Crippen LogP contribution is 2.48. The molecule has 0 amide bonds. The monoisotopic (exact) mass is 412 g/mol. The molecule has 6 heteroatoms. The van der Waals surface area contributed by atoms with Gasteiger partial charge in [0, 0.05) is 0 Å². The lowest BCUT2D eigenvalue weighted by atomic mass is 9.89. The summed E-state index contributed by atoms with van der Waals surface area (Å²) >= 11 is 0. The molecule has 0 aliphatic heterocycles. The van der Waals surface area contributed by atoms with Crippen LogP contribution in [0.5, 0.6) is 0 Å². The first-order valence-corrected chi connectivity index (χ1v) is 11.4. The molecule has 0 fully saturated rings. The van der Waals surface area contributed by atoms with Crippen LogP contribution >= 0.6 is 7.60 Å². The molecule has 3 unspecified atom stereocenters. The van der Waals surface area contributed by atoms with E-state index < -0.39 is 19.7 Å². The highest BCUT2D eigenvalue weighted by atomic mass is 31.2. The molecule has 0 spiro atoms. The molecule has 0 saturated carbocycles. The summed E-state index contributed by atoms with van der Waals surface area (Å²) in [7, 11) is -4.10. The van der Waals surface area contributed by atoms with Crippen molar-refractivity contribution < 1.29 is 23.9 Å². The van der Waals surface area contributed by atoms with Gasteiger partial charge in [0.25, 0.3) is 0 Å². The van der Waals surface area contributed by atoms with Crippen molar-refractivity contribution in [3.05, 3.63) is 83.9 Å². The maximum absolute atomic E-state index is 12.5. The van der Waals surface area contributed by atoms with Crippen LogP contribution in [0.15, 0.2) is 72.8 Å². The number of benzene rings is 3. The molecule has 152 valence electrons. The highest BCUT2D eigenvalue weighted by Gasteiger charge is 2.32. The third kappa shape index (κ3) is 5.77. The smallest absolute Gasteiger partial charge is 0.333 e. The van der Waals surface area contributed by atoms with E-state index in [1.165, 1.54) is 0 Å². The fraction of sp³-hybridized carbons (Fsp3) is 0.261. The van der Waals surface area contributed by atoms with Crippen molar-refractivity contribution in [1.29, 1.82) is 0 Å². The summed E-state index contributed by atoms with van der Waals surface area (Å²) in [5.41, 5.74) is 1.63. The zero-order valence-corrected chi connectivity index (χ0v) is 17.2. The molecule has 29 heavy (non-hydrogen) atoms. The Morgan fingerprint density at radius 1 is 1.00 bits per heavy atom. The lowest BCUT2D eigenvalue weighted by Crippen LogP contribution is -2.25. The largest absolute Gasteiger partial charge is 0.479 e. The molecule has 0 aliphatic rings. The second-order valence-corrected chi connectivity index (χ2v) is 8.96. The van der Waals surface area contributed by atoms with Crippen molar-refractivity contribution in [2.24, 2.45) is 0 Å². The van der Waals surface area contributed by atoms with Gasteiger partial charge in [-0.2, -0.15) is 0 Å². The minimum absolute atomic E-state index is 0.0996. The minimum Gasteiger partial charge on any atom is -0.479 e. The summed E-state index contributed by atoms with van der Waals surface area (Å²) in [5, 5.41) is 11.8. The molecular weight excluding hydrogens is 387 g/mol. The SMILES string of the molecule is CCC(CC(OP(=O)(O)Cc1ccccc1)C(=O)O)c1ccc2ccccc2c1. The number of aliphatic carboxylic acids is 1. The molecule has 3 atom stereocenters. The van der Waals surface area contributed by atoms with E-state index >= 15 is 0 Å². The predicted molar refractivity (Wildman–Crippen MR) is 114 cm³/mol. The van der Waals surface area contributed by atoms with Gasteiger partial charge in [-0.25, -0.2) is 4.79 Å². The predicted octanol–water partition coefficient (Wildman–Crippen LogP) is 5.58. The summed E-state index contributed by atoms with van der Waals surface area (Å²) in [4.78, 5) is 22.0. The number of carbonyl (C=O) groups is 1. The van der Waals surface area contributed by atoms with Gasteiger partial charge in [-0.15, -0.1) is 0 Å². The standard InChI is InChI=1S/C23H25O5P/c1-2-18(21-13-12-19-10-6-7-11-20(19)14-21)15-22(23(24)25)28-29(26,27)16-17-8-4-3-5-9-17/h3-14,18,22H,2,15-16H2,1H3,(H,24,25)(H,26,27). The number of hydrogen-bond donors (Lipinski definition) is 2. The van der Waals surface area contributed by atoms with Gasteiger partial charge >= 0.3 is 13.6 Å². The molecule has 0 bridgehead atoms. The first kappa shape index (κ1) is 21.3. The summed E-state index contributed by atoms with van der Waals surface area (Å²) < 4.78 is 17.8. The van der Waals surface area contributed by atoms with E-state index in [1.54, 1.807) is 24.3 Å². The molecule has 0 radical (unpaired) electrons. The number of rotatable bonds is 9. The summed E-state index contributed by atoms with van der Waals surface area (Å²) in [5.74, 6) is -1.33. The van der Waals surface area contributed by atoms with Gasteiger partial charge in [0.05, 0.1) is 6.16 Å². The molecule has 3 aromatic carbocycles. The average molecular weight is 412 g/mol. The summed E-state index contributed by atoms with van der Waals surface area (Å²) in [6.45, 7) is 1.97. The van der Waals surface area contributed by atoms with Gasteiger partial charge in [-0.3, -0.25) is 9.09 Å². The van der Waals surface area contributed by atoms with Crippen molar-refractivity contribution >= 4 is 24.3 Å². The van der Waals surface area contributed by atoms with Crippen LogP contribution in [-0.2, 0) is 20.0 Å². The van der Waals surface area contributed by atoms with Crippen molar-refractivity contribution in [1.82, 2.24) is 0 Å². The molecule has 5 nitrogen and oxygen atoms in total. The van der Waals surface area contributed by atoms with Crippen molar-refractivity contribution in [3.8, 4) is 0 Å². The quantitative estimate of drug-likeness (QED) is 0.448. The van der Waals surface area contributed by atoms with Crippen LogP contribution in [0.25, 0.3) is 10.8 Å². The van der Waals surface area contributed by atoms with Gasteiger partial charge in [-0.1, -0.05) is 79.7 Å². The topological polar surface area (TPSA) is 83.8 Å². The fourth-order valence-corrected chi connectivity index (χ4v) is 4.82. The van der Waals surface area contributed by atoms with Gasteiger partial charge in [0.15, 0.2) is 6.10 Å². The summed E-state index contributed by atoms with van der Waals surface area (Å²) in [6.07, 6.45) is -0.751. The Balaban J connectivity index is 1.76. The van der Waals surface area contributed by atoms with E-state index in [9.17, 15) is 19.4 Å². The van der Waals surface area contributed by atoms with Crippen LogP contribution < -0.4 is 0 Å². The zero-order valence-electron chi connectivity index (χ0n) is 16.3. The van der Waals surface area contributed by atoms with Crippen molar-refractivity contribution in [2.75, 3.05) is 0 Å². The van der Waals surface area contributed by atoms with E-state index in [4.69, 9.17) is 4.52 Å². The third-order valence-electron chi connectivity index (χ3n) is 5.03. The van der Waals surface area contributed by atoms with Crippen LogP contribution in [-0.4, -0.2) is 22.1 Å². The van der Waals surface area contributed by atoms with Gasteiger partial charge < -0.3 is 10.00 Å². The van der Waals surface area contributed by atoms with E-state index in [-0.39, 0.29) is 18.5 Å². The molecule has 2 N–H and O–H groups in total.